The maximum absolute atomic E-state index is 11.5. The van der Waals surface area contributed by atoms with Gasteiger partial charge in [-0.25, -0.2) is 8.42 Å². The first-order valence-electron chi connectivity index (χ1n) is 5.73. The van der Waals surface area contributed by atoms with Crippen LogP contribution in [0.15, 0.2) is 17.3 Å². The average Bonchev–Trinajstić information content (AvgIpc) is 2.82. The van der Waals surface area contributed by atoms with Gasteiger partial charge in [0.15, 0.2) is 5.82 Å². The van der Waals surface area contributed by atoms with Crippen molar-refractivity contribution in [1.29, 1.82) is 0 Å². The van der Waals surface area contributed by atoms with Crippen LogP contribution in [0.5, 0.6) is 0 Å². The Morgan fingerprint density at radius 2 is 2.05 bits per heavy atom. The molecule has 0 saturated heterocycles. The highest BCUT2D eigenvalue weighted by molar-refractivity contribution is 8.13. The van der Waals surface area contributed by atoms with Crippen molar-refractivity contribution < 1.29 is 8.42 Å². The first-order valence-corrected chi connectivity index (χ1v) is 8.86. The standard InChI is InChI=1S/C11H14ClN3O2S2/c1-7(2)6-15-10(9-5-4-8(3)18-9)13-14-11(15)19(12,16)17/h4-5,7H,6H2,1-3H3. The van der Waals surface area contributed by atoms with Crippen LogP contribution in [0.25, 0.3) is 10.7 Å². The number of thiophene rings is 1. The molecule has 5 nitrogen and oxygen atoms in total. The molecule has 2 rings (SSSR count). The molecular weight excluding hydrogens is 306 g/mol. The predicted molar refractivity (Wildman–Crippen MR) is 75.9 cm³/mol. The van der Waals surface area contributed by atoms with Gasteiger partial charge >= 0.3 is 0 Å². The van der Waals surface area contributed by atoms with Crippen molar-refractivity contribution >= 4 is 31.1 Å². The van der Waals surface area contributed by atoms with Gasteiger partial charge in [-0.2, -0.15) is 0 Å². The summed E-state index contributed by atoms with van der Waals surface area (Å²) in [6.45, 7) is 6.47. The molecule has 104 valence electrons. The molecule has 0 aliphatic carbocycles. The van der Waals surface area contributed by atoms with Crippen molar-refractivity contribution in [3.05, 3.63) is 17.0 Å². The van der Waals surface area contributed by atoms with Crippen LogP contribution in [0.4, 0.5) is 0 Å². The maximum Gasteiger partial charge on any atom is 0.296 e. The Kier molecular flexibility index (Phi) is 3.98. The highest BCUT2D eigenvalue weighted by Gasteiger charge is 2.24. The van der Waals surface area contributed by atoms with Crippen molar-refractivity contribution in [2.24, 2.45) is 5.92 Å². The Hall–Kier alpha value is -0.920. The normalized spacial score (nSPS) is 12.3. The summed E-state index contributed by atoms with van der Waals surface area (Å²) in [5.41, 5.74) is 0. The van der Waals surface area contributed by atoms with Gasteiger partial charge in [-0.15, -0.1) is 21.5 Å². The fraction of sp³-hybridized carbons (Fsp3) is 0.455. The maximum atomic E-state index is 11.5. The molecule has 0 amide bonds. The van der Waals surface area contributed by atoms with Gasteiger partial charge in [0, 0.05) is 22.1 Å². The minimum absolute atomic E-state index is 0.191. The van der Waals surface area contributed by atoms with E-state index in [9.17, 15) is 8.42 Å². The molecule has 2 aromatic rings. The van der Waals surface area contributed by atoms with Gasteiger partial charge in [0.05, 0.1) is 4.88 Å². The molecule has 2 heterocycles. The third kappa shape index (κ3) is 3.16. The molecule has 0 N–H and O–H groups in total. The summed E-state index contributed by atoms with van der Waals surface area (Å²) >= 11 is 1.54. The fourth-order valence-electron chi connectivity index (χ4n) is 1.74. The molecular formula is C11H14ClN3O2S2. The lowest BCUT2D eigenvalue weighted by Crippen LogP contribution is -2.11. The van der Waals surface area contributed by atoms with Gasteiger partial charge in [-0.05, 0) is 25.0 Å². The Labute approximate surface area is 120 Å². The zero-order valence-corrected chi connectivity index (χ0v) is 13.2. The summed E-state index contributed by atoms with van der Waals surface area (Å²) in [6, 6.07) is 3.87. The zero-order valence-electron chi connectivity index (χ0n) is 10.8. The topological polar surface area (TPSA) is 64.8 Å². The summed E-state index contributed by atoms with van der Waals surface area (Å²) in [6.07, 6.45) is 0. The highest BCUT2D eigenvalue weighted by Crippen LogP contribution is 2.29. The molecule has 0 aromatic carbocycles. The summed E-state index contributed by atoms with van der Waals surface area (Å²) in [5.74, 6) is 0.805. The summed E-state index contributed by atoms with van der Waals surface area (Å²) in [4.78, 5) is 2.02. The molecule has 0 saturated carbocycles. The smallest absolute Gasteiger partial charge is 0.296 e. The van der Waals surface area contributed by atoms with Gasteiger partial charge < -0.3 is 0 Å². The van der Waals surface area contributed by atoms with Crippen LogP contribution >= 0.6 is 22.0 Å². The van der Waals surface area contributed by atoms with E-state index in [-0.39, 0.29) is 11.1 Å². The first kappa shape index (κ1) is 14.5. The van der Waals surface area contributed by atoms with E-state index in [1.165, 1.54) is 0 Å². The van der Waals surface area contributed by atoms with E-state index in [1.807, 2.05) is 32.9 Å². The number of hydrogen-bond acceptors (Lipinski definition) is 5. The first-order chi connectivity index (χ1) is 8.79. The SMILES string of the molecule is Cc1ccc(-c2nnc(S(=O)(=O)Cl)n2CC(C)C)s1. The Morgan fingerprint density at radius 1 is 1.37 bits per heavy atom. The number of rotatable bonds is 4. The van der Waals surface area contributed by atoms with Crippen LogP contribution in [0.1, 0.15) is 18.7 Å². The highest BCUT2D eigenvalue weighted by atomic mass is 35.7. The van der Waals surface area contributed by atoms with E-state index in [0.29, 0.717) is 12.4 Å². The van der Waals surface area contributed by atoms with E-state index in [1.54, 1.807) is 15.9 Å². The van der Waals surface area contributed by atoms with Crippen molar-refractivity contribution in [2.45, 2.75) is 32.5 Å². The third-order valence-electron chi connectivity index (χ3n) is 2.44. The van der Waals surface area contributed by atoms with Crippen molar-refractivity contribution in [3.63, 3.8) is 0 Å². The molecule has 0 spiro atoms. The fourth-order valence-corrected chi connectivity index (χ4v) is 3.50. The minimum Gasteiger partial charge on any atom is -0.296 e. The molecule has 0 bridgehead atoms. The van der Waals surface area contributed by atoms with Crippen LogP contribution in [0.3, 0.4) is 0 Å². The Morgan fingerprint density at radius 3 is 2.53 bits per heavy atom. The Bertz CT molecular complexity index is 689. The van der Waals surface area contributed by atoms with Gasteiger partial charge in [0.2, 0.25) is 0 Å². The molecule has 0 fully saturated rings. The number of aryl methyl sites for hydroxylation is 1. The molecule has 0 atom stereocenters. The van der Waals surface area contributed by atoms with Gasteiger partial charge in [0.25, 0.3) is 14.2 Å². The summed E-state index contributed by atoms with van der Waals surface area (Å²) < 4.78 is 24.6. The van der Waals surface area contributed by atoms with E-state index in [4.69, 9.17) is 10.7 Å². The number of halogens is 1. The van der Waals surface area contributed by atoms with Gasteiger partial charge in [0.1, 0.15) is 0 Å². The number of aromatic nitrogens is 3. The zero-order chi connectivity index (χ0) is 14.2. The van der Waals surface area contributed by atoms with Crippen LogP contribution in [0.2, 0.25) is 0 Å². The second-order valence-corrected chi connectivity index (χ2v) is 8.41. The summed E-state index contributed by atoms with van der Waals surface area (Å²) in [7, 11) is 1.51. The molecule has 0 radical (unpaired) electrons. The molecule has 0 unspecified atom stereocenters. The number of nitrogens with zero attached hydrogens (tertiary/aromatic N) is 3. The lowest BCUT2D eigenvalue weighted by atomic mass is 10.2. The molecule has 0 aliphatic heterocycles. The lowest BCUT2D eigenvalue weighted by molar-refractivity contribution is 0.489. The van der Waals surface area contributed by atoms with E-state index in [2.05, 4.69) is 10.2 Å². The number of hydrogen-bond donors (Lipinski definition) is 0. The molecule has 8 heteroatoms. The molecule has 0 aliphatic rings. The van der Waals surface area contributed by atoms with Crippen molar-refractivity contribution in [3.8, 4) is 10.7 Å². The largest absolute Gasteiger partial charge is 0.296 e. The monoisotopic (exact) mass is 319 g/mol. The molecule has 2 aromatic heterocycles. The van der Waals surface area contributed by atoms with Crippen molar-refractivity contribution in [2.75, 3.05) is 0 Å². The van der Waals surface area contributed by atoms with Crippen LogP contribution < -0.4 is 0 Å². The van der Waals surface area contributed by atoms with Gasteiger partial charge in [-0.3, -0.25) is 4.57 Å². The quantitative estimate of drug-likeness (QED) is 0.813. The second-order valence-electron chi connectivity index (χ2n) is 4.66. The predicted octanol–water partition coefficient (Wildman–Crippen LogP) is 2.90. The summed E-state index contributed by atoms with van der Waals surface area (Å²) in [5, 5.41) is 7.51. The van der Waals surface area contributed by atoms with Gasteiger partial charge in [-0.1, -0.05) is 13.8 Å². The van der Waals surface area contributed by atoms with Crippen LogP contribution in [-0.2, 0) is 15.6 Å². The van der Waals surface area contributed by atoms with E-state index < -0.39 is 9.05 Å². The van der Waals surface area contributed by atoms with Crippen molar-refractivity contribution in [1.82, 2.24) is 14.8 Å². The van der Waals surface area contributed by atoms with Crippen LogP contribution in [-0.4, -0.2) is 23.2 Å². The van der Waals surface area contributed by atoms with Crippen LogP contribution in [0, 0.1) is 12.8 Å². The average molecular weight is 320 g/mol. The second kappa shape index (κ2) is 5.22. The third-order valence-corrected chi connectivity index (χ3v) is 4.59. The molecule has 19 heavy (non-hydrogen) atoms. The van der Waals surface area contributed by atoms with E-state index >= 15 is 0 Å². The van der Waals surface area contributed by atoms with E-state index in [0.717, 1.165) is 9.75 Å². The lowest BCUT2D eigenvalue weighted by Gasteiger charge is -2.10. The Balaban J connectivity index is 2.59. The minimum atomic E-state index is -3.89.